The molecule has 0 radical (unpaired) electrons. The average Bonchev–Trinajstić information content (AvgIpc) is 2.28. The van der Waals surface area contributed by atoms with Crippen molar-refractivity contribution in [2.75, 3.05) is 6.61 Å². The lowest BCUT2D eigenvalue weighted by molar-refractivity contribution is -0.137. The second-order valence-electron chi connectivity index (χ2n) is 3.74. The van der Waals surface area contributed by atoms with Crippen LogP contribution in [0.2, 0.25) is 0 Å². The lowest BCUT2D eigenvalue weighted by atomic mass is 10.1. The highest BCUT2D eigenvalue weighted by molar-refractivity contribution is 7.99. The van der Waals surface area contributed by atoms with Gasteiger partial charge in [0, 0.05) is 15.7 Å². The summed E-state index contributed by atoms with van der Waals surface area (Å²) in [5, 5.41) is 0.433. The molecule has 4 heteroatoms. The third kappa shape index (κ3) is 4.23. The predicted octanol–water partition coefficient (Wildman–Crippen LogP) is 2.93. The van der Waals surface area contributed by atoms with E-state index in [1.165, 1.54) is 0 Å². The molecule has 0 bridgehead atoms. The zero-order valence-corrected chi connectivity index (χ0v) is 11.0. The van der Waals surface area contributed by atoms with E-state index in [-0.39, 0.29) is 6.61 Å². The number of hydrogen-bond acceptors (Lipinski definition) is 4. The maximum Gasteiger partial charge on any atom is 0.379 e. The van der Waals surface area contributed by atoms with E-state index >= 15 is 0 Å². The number of thioether (sulfide) groups is 1. The summed E-state index contributed by atoms with van der Waals surface area (Å²) < 4.78 is 4.68. The summed E-state index contributed by atoms with van der Waals surface area (Å²) in [5.41, 5.74) is 0.383. The highest BCUT2D eigenvalue weighted by atomic mass is 32.2. The van der Waals surface area contributed by atoms with Gasteiger partial charge in [0.1, 0.15) is 0 Å². The highest BCUT2D eigenvalue weighted by Gasteiger charge is 2.17. The number of Topliss-reactive ketones (excluding diaryl/α,β-unsaturated/α-hetero) is 1. The Bertz CT molecular complexity index is 413. The van der Waals surface area contributed by atoms with Crippen LogP contribution in [0.4, 0.5) is 0 Å². The van der Waals surface area contributed by atoms with Crippen LogP contribution >= 0.6 is 11.8 Å². The van der Waals surface area contributed by atoms with Crippen molar-refractivity contribution in [3.8, 4) is 0 Å². The van der Waals surface area contributed by atoms with Crippen molar-refractivity contribution in [1.29, 1.82) is 0 Å². The standard InChI is InChI=1S/C13H16O3S/c1-4-16-13(15)12(14)10-6-5-7-11(8-10)17-9(2)3/h5-9H,4H2,1-3H3. The van der Waals surface area contributed by atoms with E-state index in [2.05, 4.69) is 18.6 Å². The molecule has 0 aromatic heterocycles. The summed E-state index contributed by atoms with van der Waals surface area (Å²) in [4.78, 5) is 24.0. The molecule has 1 aromatic rings. The van der Waals surface area contributed by atoms with E-state index in [0.29, 0.717) is 10.8 Å². The van der Waals surface area contributed by atoms with Crippen molar-refractivity contribution in [3.05, 3.63) is 29.8 Å². The first-order chi connectivity index (χ1) is 8.04. The number of rotatable bonds is 5. The van der Waals surface area contributed by atoms with Gasteiger partial charge in [-0.2, -0.15) is 0 Å². The van der Waals surface area contributed by atoms with Crippen molar-refractivity contribution in [2.24, 2.45) is 0 Å². The third-order valence-electron chi connectivity index (χ3n) is 1.93. The van der Waals surface area contributed by atoms with Gasteiger partial charge in [-0.1, -0.05) is 26.0 Å². The molecular weight excluding hydrogens is 236 g/mol. The van der Waals surface area contributed by atoms with Crippen molar-refractivity contribution in [1.82, 2.24) is 0 Å². The Morgan fingerprint density at radius 2 is 2.06 bits per heavy atom. The Labute approximate surface area is 106 Å². The fourth-order valence-electron chi connectivity index (χ4n) is 1.30. The molecule has 0 saturated carbocycles. The fraction of sp³-hybridized carbons (Fsp3) is 0.385. The molecule has 0 atom stereocenters. The molecule has 0 saturated heterocycles. The Morgan fingerprint density at radius 3 is 2.65 bits per heavy atom. The van der Waals surface area contributed by atoms with Crippen LogP contribution in [0.3, 0.4) is 0 Å². The number of ketones is 1. The predicted molar refractivity (Wildman–Crippen MR) is 68.4 cm³/mol. The van der Waals surface area contributed by atoms with Crippen LogP contribution in [-0.4, -0.2) is 23.6 Å². The minimum absolute atomic E-state index is 0.213. The fourth-order valence-corrected chi connectivity index (χ4v) is 2.19. The van der Waals surface area contributed by atoms with Gasteiger partial charge in [0.2, 0.25) is 0 Å². The van der Waals surface area contributed by atoms with E-state index in [4.69, 9.17) is 0 Å². The smallest absolute Gasteiger partial charge is 0.379 e. The van der Waals surface area contributed by atoms with E-state index < -0.39 is 11.8 Å². The SMILES string of the molecule is CCOC(=O)C(=O)c1cccc(SC(C)C)c1. The first-order valence-corrected chi connectivity index (χ1v) is 6.40. The number of carbonyl (C=O) groups is 2. The minimum atomic E-state index is -0.792. The van der Waals surface area contributed by atoms with Gasteiger partial charge in [-0.05, 0) is 19.1 Å². The zero-order valence-electron chi connectivity index (χ0n) is 10.2. The van der Waals surface area contributed by atoms with Gasteiger partial charge in [-0.3, -0.25) is 4.79 Å². The number of esters is 1. The number of hydrogen-bond donors (Lipinski definition) is 0. The van der Waals surface area contributed by atoms with Crippen molar-refractivity contribution < 1.29 is 14.3 Å². The Balaban J connectivity index is 2.84. The summed E-state index contributed by atoms with van der Waals surface area (Å²) in [6.07, 6.45) is 0. The molecule has 1 aromatic carbocycles. The Hall–Kier alpha value is -1.29. The summed E-state index contributed by atoms with van der Waals surface area (Å²) in [6, 6.07) is 7.05. The maximum atomic E-state index is 11.7. The number of benzene rings is 1. The van der Waals surface area contributed by atoms with Crippen LogP contribution in [0.25, 0.3) is 0 Å². The largest absolute Gasteiger partial charge is 0.460 e. The van der Waals surface area contributed by atoms with Crippen LogP contribution < -0.4 is 0 Å². The first kappa shape index (κ1) is 13.8. The van der Waals surface area contributed by atoms with E-state index in [0.717, 1.165) is 4.90 Å². The average molecular weight is 252 g/mol. The molecule has 0 heterocycles. The van der Waals surface area contributed by atoms with Crippen molar-refractivity contribution in [3.63, 3.8) is 0 Å². The van der Waals surface area contributed by atoms with Crippen LogP contribution in [0.1, 0.15) is 31.1 Å². The quantitative estimate of drug-likeness (QED) is 0.350. The summed E-state index contributed by atoms with van der Waals surface area (Å²) in [7, 11) is 0. The minimum Gasteiger partial charge on any atom is -0.460 e. The van der Waals surface area contributed by atoms with E-state index in [9.17, 15) is 9.59 Å². The molecule has 0 aliphatic heterocycles. The molecule has 3 nitrogen and oxygen atoms in total. The van der Waals surface area contributed by atoms with Gasteiger partial charge in [0.25, 0.3) is 5.78 Å². The lowest BCUT2D eigenvalue weighted by Gasteiger charge is -2.06. The third-order valence-corrected chi connectivity index (χ3v) is 2.93. The molecule has 0 amide bonds. The molecule has 0 spiro atoms. The van der Waals surface area contributed by atoms with Gasteiger partial charge < -0.3 is 4.74 Å². The molecule has 0 fully saturated rings. The van der Waals surface area contributed by atoms with Crippen LogP contribution in [0, 0.1) is 0 Å². The van der Waals surface area contributed by atoms with Crippen molar-refractivity contribution >= 4 is 23.5 Å². The Morgan fingerprint density at radius 1 is 1.35 bits per heavy atom. The number of carbonyl (C=O) groups excluding carboxylic acids is 2. The molecule has 17 heavy (non-hydrogen) atoms. The summed E-state index contributed by atoms with van der Waals surface area (Å²) in [5.74, 6) is -1.38. The second kappa shape index (κ2) is 6.45. The molecule has 1 rings (SSSR count). The van der Waals surface area contributed by atoms with E-state index in [1.54, 1.807) is 36.9 Å². The molecule has 0 aliphatic rings. The van der Waals surface area contributed by atoms with Crippen LogP contribution in [0.15, 0.2) is 29.2 Å². The monoisotopic (exact) mass is 252 g/mol. The molecule has 92 valence electrons. The second-order valence-corrected chi connectivity index (χ2v) is 5.39. The molecule has 0 unspecified atom stereocenters. The van der Waals surface area contributed by atoms with Gasteiger partial charge in [0.15, 0.2) is 0 Å². The molecule has 0 N–H and O–H groups in total. The zero-order chi connectivity index (χ0) is 12.8. The first-order valence-electron chi connectivity index (χ1n) is 5.52. The Kier molecular flexibility index (Phi) is 5.22. The van der Waals surface area contributed by atoms with Crippen LogP contribution in [0.5, 0.6) is 0 Å². The topological polar surface area (TPSA) is 43.4 Å². The van der Waals surface area contributed by atoms with Gasteiger partial charge in [-0.15, -0.1) is 11.8 Å². The van der Waals surface area contributed by atoms with Gasteiger partial charge in [-0.25, -0.2) is 4.79 Å². The summed E-state index contributed by atoms with van der Waals surface area (Å²) in [6.45, 7) is 6.04. The van der Waals surface area contributed by atoms with Crippen molar-refractivity contribution in [2.45, 2.75) is 30.9 Å². The molecule has 0 aliphatic carbocycles. The number of ether oxygens (including phenoxy) is 1. The lowest BCUT2D eigenvalue weighted by Crippen LogP contribution is -2.17. The normalized spacial score (nSPS) is 10.4. The van der Waals surface area contributed by atoms with E-state index in [1.807, 2.05) is 6.07 Å². The van der Waals surface area contributed by atoms with Gasteiger partial charge >= 0.3 is 5.97 Å². The van der Waals surface area contributed by atoms with Gasteiger partial charge in [0.05, 0.1) is 6.61 Å². The highest BCUT2D eigenvalue weighted by Crippen LogP contribution is 2.23. The van der Waals surface area contributed by atoms with Crippen LogP contribution in [-0.2, 0) is 9.53 Å². The summed E-state index contributed by atoms with van der Waals surface area (Å²) >= 11 is 1.65. The molecular formula is C13H16O3S. The maximum absolute atomic E-state index is 11.7.